The van der Waals surface area contributed by atoms with Crippen molar-refractivity contribution in [3.05, 3.63) is 82.7 Å². The lowest BCUT2D eigenvalue weighted by molar-refractivity contribution is -0.116. The van der Waals surface area contributed by atoms with Gasteiger partial charge in [0.15, 0.2) is 0 Å². The SMILES string of the molecule is O=C(Cc1ccccc1)Nc1nnc(CCCCc2nnc(NC(=O)Cc3ccccc3)s2)o1. The summed E-state index contributed by atoms with van der Waals surface area (Å²) in [6, 6.07) is 19.1. The molecular formula is C24H24N6O3S. The molecule has 9 nitrogen and oxygen atoms in total. The van der Waals surface area contributed by atoms with Crippen molar-refractivity contribution in [3.8, 4) is 0 Å². The summed E-state index contributed by atoms with van der Waals surface area (Å²) in [5.74, 6) is 0.155. The highest BCUT2D eigenvalue weighted by Gasteiger charge is 2.12. The fraction of sp³-hybridized carbons (Fsp3) is 0.250. The van der Waals surface area contributed by atoms with Crippen molar-refractivity contribution < 1.29 is 14.0 Å². The molecule has 4 rings (SSSR count). The molecule has 0 unspecified atom stereocenters. The molecule has 2 aromatic carbocycles. The lowest BCUT2D eigenvalue weighted by Gasteiger charge is -2.01. The maximum Gasteiger partial charge on any atom is 0.322 e. The Hall–Kier alpha value is -3.92. The van der Waals surface area contributed by atoms with Gasteiger partial charge >= 0.3 is 6.01 Å². The molecule has 4 aromatic rings. The van der Waals surface area contributed by atoms with E-state index in [-0.39, 0.29) is 24.2 Å². The van der Waals surface area contributed by atoms with E-state index < -0.39 is 0 Å². The number of benzene rings is 2. The summed E-state index contributed by atoms with van der Waals surface area (Å²) in [7, 11) is 0. The number of rotatable bonds is 11. The Morgan fingerprint density at radius 1 is 0.735 bits per heavy atom. The van der Waals surface area contributed by atoms with Crippen molar-refractivity contribution in [1.82, 2.24) is 20.4 Å². The molecule has 2 amide bonds. The van der Waals surface area contributed by atoms with E-state index >= 15 is 0 Å². The summed E-state index contributed by atoms with van der Waals surface area (Å²) in [6.07, 6.45) is 3.55. The van der Waals surface area contributed by atoms with Crippen LogP contribution in [0.1, 0.15) is 34.9 Å². The summed E-state index contributed by atoms with van der Waals surface area (Å²) in [6.45, 7) is 0. The predicted molar refractivity (Wildman–Crippen MR) is 128 cm³/mol. The number of aryl methyl sites for hydroxylation is 2. The molecule has 0 radical (unpaired) electrons. The topological polar surface area (TPSA) is 123 Å². The van der Waals surface area contributed by atoms with Crippen LogP contribution in [0, 0.1) is 0 Å². The maximum atomic E-state index is 12.1. The smallest absolute Gasteiger partial charge is 0.322 e. The van der Waals surface area contributed by atoms with Crippen molar-refractivity contribution in [1.29, 1.82) is 0 Å². The number of nitrogens with zero attached hydrogens (tertiary/aromatic N) is 4. The van der Waals surface area contributed by atoms with E-state index in [1.54, 1.807) is 0 Å². The molecular weight excluding hydrogens is 452 g/mol. The van der Waals surface area contributed by atoms with Crippen LogP contribution in [0.15, 0.2) is 65.1 Å². The van der Waals surface area contributed by atoms with E-state index in [2.05, 4.69) is 31.0 Å². The number of hydrogen-bond acceptors (Lipinski definition) is 8. The Kier molecular flexibility index (Phi) is 8.07. The van der Waals surface area contributed by atoms with Gasteiger partial charge in [0, 0.05) is 12.8 Å². The molecule has 0 aliphatic carbocycles. The van der Waals surface area contributed by atoms with Gasteiger partial charge < -0.3 is 9.73 Å². The Bertz CT molecular complexity index is 1110. The lowest BCUT2D eigenvalue weighted by atomic mass is 10.1. The van der Waals surface area contributed by atoms with Crippen LogP contribution in [-0.4, -0.2) is 32.2 Å². The number of carbonyl (C=O) groups is 2. The van der Waals surface area contributed by atoms with E-state index in [1.807, 2.05) is 60.7 Å². The zero-order chi connectivity index (χ0) is 23.6. The maximum absolute atomic E-state index is 12.1. The van der Waals surface area contributed by atoms with E-state index in [0.717, 1.165) is 35.4 Å². The van der Waals surface area contributed by atoms with Gasteiger partial charge in [-0.1, -0.05) is 77.1 Å². The minimum Gasteiger partial charge on any atom is -0.408 e. The van der Waals surface area contributed by atoms with Crippen LogP contribution in [0.3, 0.4) is 0 Å². The molecule has 34 heavy (non-hydrogen) atoms. The Labute approximate surface area is 200 Å². The second-order valence-electron chi connectivity index (χ2n) is 7.63. The first-order chi connectivity index (χ1) is 16.6. The van der Waals surface area contributed by atoms with Crippen LogP contribution in [-0.2, 0) is 35.3 Å². The molecule has 2 N–H and O–H groups in total. The van der Waals surface area contributed by atoms with Gasteiger partial charge in [0.2, 0.25) is 22.8 Å². The minimum absolute atomic E-state index is 0.107. The zero-order valence-corrected chi connectivity index (χ0v) is 19.3. The first kappa shape index (κ1) is 23.2. The number of nitrogens with one attached hydrogen (secondary N) is 2. The largest absolute Gasteiger partial charge is 0.408 e. The lowest BCUT2D eigenvalue weighted by Crippen LogP contribution is -2.14. The average molecular weight is 477 g/mol. The van der Waals surface area contributed by atoms with Crippen LogP contribution in [0.4, 0.5) is 11.1 Å². The summed E-state index contributed by atoms with van der Waals surface area (Å²) in [5, 5.41) is 22.9. The standard InChI is InChI=1S/C24H24N6O3S/c31-19(15-17-9-3-1-4-10-17)25-23-29-27-21(33-23)13-7-8-14-22-28-30-24(34-22)26-20(32)16-18-11-5-2-6-12-18/h1-6,9-12H,7-8,13-16H2,(H,25,29,31)(H,26,30,32). The highest BCUT2D eigenvalue weighted by atomic mass is 32.1. The third-order valence-corrected chi connectivity index (χ3v) is 5.77. The molecule has 2 heterocycles. The van der Waals surface area contributed by atoms with E-state index in [4.69, 9.17) is 4.42 Å². The van der Waals surface area contributed by atoms with Gasteiger partial charge in [0.25, 0.3) is 0 Å². The summed E-state index contributed by atoms with van der Waals surface area (Å²) in [4.78, 5) is 24.2. The Balaban J connectivity index is 1.15. The van der Waals surface area contributed by atoms with Crippen molar-refractivity contribution in [2.24, 2.45) is 0 Å². The van der Waals surface area contributed by atoms with Crippen molar-refractivity contribution in [3.63, 3.8) is 0 Å². The molecule has 174 valence electrons. The van der Waals surface area contributed by atoms with Crippen LogP contribution in [0.5, 0.6) is 0 Å². The Morgan fingerprint density at radius 2 is 1.35 bits per heavy atom. The normalized spacial score (nSPS) is 10.7. The predicted octanol–water partition coefficient (Wildman–Crippen LogP) is 3.85. The number of carbonyl (C=O) groups excluding carboxylic acids is 2. The summed E-state index contributed by atoms with van der Waals surface area (Å²) >= 11 is 1.38. The highest BCUT2D eigenvalue weighted by Crippen LogP contribution is 2.18. The molecule has 0 atom stereocenters. The molecule has 2 aromatic heterocycles. The van der Waals surface area contributed by atoms with Crippen molar-refractivity contribution in [2.75, 3.05) is 10.6 Å². The fourth-order valence-electron chi connectivity index (χ4n) is 3.25. The quantitative estimate of drug-likeness (QED) is 0.315. The number of amides is 2. The number of unbranched alkanes of at least 4 members (excludes halogenated alkanes) is 1. The molecule has 0 spiro atoms. The molecule has 0 bridgehead atoms. The van der Waals surface area contributed by atoms with Gasteiger partial charge in [-0.15, -0.1) is 15.3 Å². The van der Waals surface area contributed by atoms with Gasteiger partial charge in [0.1, 0.15) is 5.01 Å². The molecule has 0 fully saturated rings. The summed E-state index contributed by atoms with van der Waals surface area (Å²) in [5.41, 5.74) is 1.86. The second kappa shape index (κ2) is 11.8. The van der Waals surface area contributed by atoms with Crippen LogP contribution in [0.25, 0.3) is 0 Å². The number of hydrogen-bond donors (Lipinski definition) is 2. The molecule has 0 saturated heterocycles. The summed E-state index contributed by atoms with van der Waals surface area (Å²) < 4.78 is 5.51. The monoisotopic (exact) mass is 476 g/mol. The first-order valence-corrected chi connectivity index (χ1v) is 11.8. The first-order valence-electron chi connectivity index (χ1n) is 11.0. The molecule has 0 aliphatic rings. The molecule has 0 saturated carbocycles. The van der Waals surface area contributed by atoms with Crippen molar-refractivity contribution >= 4 is 34.3 Å². The van der Waals surface area contributed by atoms with E-state index in [9.17, 15) is 9.59 Å². The third kappa shape index (κ3) is 7.31. The van der Waals surface area contributed by atoms with Gasteiger partial charge in [-0.05, 0) is 24.0 Å². The molecule has 10 heteroatoms. The third-order valence-electron chi connectivity index (χ3n) is 4.87. The van der Waals surface area contributed by atoms with E-state index in [0.29, 0.717) is 23.9 Å². The Morgan fingerprint density at radius 3 is 2.03 bits per heavy atom. The van der Waals surface area contributed by atoms with Gasteiger partial charge in [-0.2, -0.15) is 0 Å². The number of anilines is 2. The fourth-order valence-corrected chi connectivity index (χ4v) is 4.05. The van der Waals surface area contributed by atoms with Crippen LogP contribution in [0.2, 0.25) is 0 Å². The number of aromatic nitrogens is 4. The average Bonchev–Trinajstić information content (AvgIpc) is 3.47. The highest BCUT2D eigenvalue weighted by molar-refractivity contribution is 7.15. The second-order valence-corrected chi connectivity index (χ2v) is 8.69. The van der Waals surface area contributed by atoms with Gasteiger partial charge in [-0.3, -0.25) is 14.9 Å². The van der Waals surface area contributed by atoms with Gasteiger partial charge in [-0.25, -0.2) is 0 Å². The zero-order valence-electron chi connectivity index (χ0n) is 18.4. The van der Waals surface area contributed by atoms with E-state index in [1.165, 1.54) is 11.3 Å². The van der Waals surface area contributed by atoms with Gasteiger partial charge in [0.05, 0.1) is 12.8 Å². The molecule has 0 aliphatic heterocycles. The van der Waals surface area contributed by atoms with Crippen LogP contribution >= 0.6 is 11.3 Å². The van der Waals surface area contributed by atoms with Crippen molar-refractivity contribution in [2.45, 2.75) is 38.5 Å². The minimum atomic E-state index is -0.204. The van der Waals surface area contributed by atoms with Crippen LogP contribution < -0.4 is 10.6 Å².